The molecule has 2 aromatic carbocycles. The van der Waals surface area contributed by atoms with E-state index in [2.05, 4.69) is 5.32 Å². The number of thiocarbonyl (C=S) groups is 1. The van der Waals surface area contributed by atoms with E-state index >= 15 is 0 Å². The third kappa shape index (κ3) is 5.90. The number of halogens is 1. The average Bonchev–Trinajstić information content (AvgIpc) is 2.97. The molecule has 29 heavy (non-hydrogen) atoms. The highest BCUT2D eigenvalue weighted by Gasteiger charge is 2.33. The van der Waals surface area contributed by atoms with Gasteiger partial charge in [-0.2, -0.15) is 0 Å². The van der Waals surface area contributed by atoms with Crippen LogP contribution in [0.2, 0.25) is 5.02 Å². The van der Waals surface area contributed by atoms with Gasteiger partial charge >= 0.3 is 0 Å². The first-order valence-corrected chi connectivity index (χ1v) is 10.5. The molecular weight excluding hydrogens is 428 g/mol. The minimum absolute atomic E-state index is 0.187. The van der Waals surface area contributed by atoms with Gasteiger partial charge < -0.3 is 10.4 Å². The molecule has 5 nitrogen and oxygen atoms in total. The van der Waals surface area contributed by atoms with Crippen LogP contribution in [0, 0.1) is 0 Å². The number of carbonyl (C=O) groups is 2. The molecule has 2 aromatic rings. The lowest BCUT2D eigenvalue weighted by molar-refractivity contribution is -0.129. The highest BCUT2D eigenvalue weighted by atomic mass is 35.5. The fraction of sp³-hybridized carbons (Fsp3) is 0.190. The van der Waals surface area contributed by atoms with Crippen LogP contribution in [0.4, 0.5) is 0 Å². The number of carbonyl (C=O) groups excluding carboxylic acids is 2. The Morgan fingerprint density at radius 3 is 2.55 bits per heavy atom. The number of thioether (sulfide) groups is 1. The highest BCUT2D eigenvalue weighted by Crippen LogP contribution is 2.32. The molecule has 1 aliphatic heterocycles. The minimum atomic E-state index is -0.437. The molecule has 1 fully saturated rings. The summed E-state index contributed by atoms with van der Waals surface area (Å²) in [5.74, 6) is -0.683. The van der Waals surface area contributed by atoms with E-state index in [4.69, 9.17) is 23.8 Å². The van der Waals surface area contributed by atoms with E-state index in [1.165, 1.54) is 4.90 Å². The monoisotopic (exact) mass is 446 g/mol. The van der Waals surface area contributed by atoms with E-state index in [-0.39, 0.29) is 25.0 Å². The number of nitrogens with zero attached hydrogens (tertiary/aromatic N) is 1. The molecule has 0 aromatic heterocycles. The summed E-state index contributed by atoms with van der Waals surface area (Å²) in [5.41, 5.74) is 1.82. The Hall–Kier alpha value is -2.19. The van der Waals surface area contributed by atoms with E-state index in [0.717, 1.165) is 22.9 Å². The van der Waals surface area contributed by atoms with E-state index in [9.17, 15) is 14.7 Å². The molecule has 0 radical (unpaired) electrons. The lowest BCUT2D eigenvalue weighted by Gasteiger charge is -2.19. The summed E-state index contributed by atoms with van der Waals surface area (Å²) < 4.78 is 0.328. The first-order valence-electron chi connectivity index (χ1n) is 8.91. The van der Waals surface area contributed by atoms with Crippen LogP contribution >= 0.6 is 35.6 Å². The van der Waals surface area contributed by atoms with Gasteiger partial charge in [-0.3, -0.25) is 14.5 Å². The van der Waals surface area contributed by atoms with Crippen LogP contribution in [0.1, 0.15) is 11.1 Å². The smallest absolute Gasteiger partial charge is 0.266 e. The second-order valence-electron chi connectivity index (χ2n) is 6.46. The van der Waals surface area contributed by atoms with Gasteiger partial charge in [0.2, 0.25) is 5.91 Å². The summed E-state index contributed by atoms with van der Waals surface area (Å²) in [6.45, 7) is -0.386. The van der Waals surface area contributed by atoms with E-state index < -0.39 is 6.04 Å². The van der Waals surface area contributed by atoms with Crippen molar-refractivity contribution in [3.8, 4) is 0 Å². The molecule has 150 valence electrons. The first-order chi connectivity index (χ1) is 14.0. The summed E-state index contributed by atoms with van der Waals surface area (Å²) in [7, 11) is 0. The molecule has 0 spiro atoms. The van der Waals surface area contributed by atoms with Gasteiger partial charge in [0.15, 0.2) is 0 Å². The summed E-state index contributed by atoms with van der Waals surface area (Å²) in [4.78, 5) is 26.8. The molecule has 2 N–H and O–H groups in total. The van der Waals surface area contributed by atoms with Crippen LogP contribution in [0.15, 0.2) is 59.5 Å². The molecule has 2 amide bonds. The lowest BCUT2D eigenvalue weighted by Crippen LogP contribution is -2.45. The van der Waals surface area contributed by atoms with Crippen LogP contribution in [0.3, 0.4) is 0 Å². The van der Waals surface area contributed by atoms with Gasteiger partial charge in [0.25, 0.3) is 5.91 Å². The number of rotatable bonds is 7. The van der Waals surface area contributed by atoms with Crippen molar-refractivity contribution in [2.75, 3.05) is 13.2 Å². The fourth-order valence-electron chi connectivity index (χ4n) is 2.82. The first kappa shape index (κ1) is 21.5. The molecule has 1 atom stereocenters. The highest BCUT2D eigenvalue weighted by molar-refractivity contribution is 8.26. The number of nitrogens with one attached hydrogen (secondary N) is 1. The standard InChI is InChI=1S/C21H19ClN2O3S2/c22-16-8-6-15(7-9-16)11-18-20(27)24(21(28)29-18)12-19(26)23-17(13-25)10-14-4-2-1-3-5-14/h1-9,11,17,25H,10,12-13H2,(H,23,26)/b18-11-/t17-/m0/s1. The van der Waals surface area contributed by atoms with Crippen molar-refractivity contribution >= 4 is 57.8 Å². The van der Waals surface area contributed by atoms with Crippen LogP contribution in [-0.4, -0.2) is 45.3 Å². The van der Waals surface area contributed by atoms with Gasteiger partial charge in [0.05, 0.1) is 17.6 Å². The average molecular weight is 447 g/mol. The number of hydrogen-bond donors (Lipinski definition) is 2. The minimum Gasteiger partial charge on any atom is -0.394 e. The number of hydrogen-bond acceptors (Lipinski definition) is 5. The lowest BCUT2D eigenvalue weighted by atomic mass is 10.1. The topological polar surface area (TPSA) is 69.6 Å². The van der Waals surface area contributed by atoms with Crippen LogP contribution in [0.25, 0.3) is 6.08 Å². The maximum atomic E-state index is 12.7. The van der Waals surface area contributed by atoms with Crippen LogP contribution in [0.5, 0.6) is 0 Å². The Labute approximate surface area is 183 Å². The van der Waals surface area contributed by atoms with Crippen molar-refractivity contribution < 1.29 is 14.7 Å². The van der Waals surface area contributed by atoms with E-state index in [1.807, 2.05) is 30.3 Å². The molecule has 0 bridgehead atoms. The normalized spacial score (nSPS) is 16.3. The molecule has 1 heterocycles. The largest absolute Gasteiger partial charge is 0.394 e. The van der Waals surface area contributed by atoms with Crippen molar-refractivity contribution in [2.24, 2.45) is 0 Å². The Balaban J connectivity index is 1.61. The summed E-state index contributed by atoms with van der Waals surface area (Å²) in [5, 5.41) is 13.0. The summed E-state index contributed by atoms with van der Waals surface area (Å²) in [6, 6.07) is 16.2. The molecule has 1 aliphatic rings. The van der Waals surface area contributed by atoms with Crippen molar-refractivity contribution in [3.05, 3.63) is 75.7 Å². The van der Waals surface area contributed by atoms with Gasteiger partial charge in [0.1, 0.15) is 10.9 Å². The fourth-order valence-corrected chi connectivity index (χ4v) is 4.20. The molecule has 0 aliphatic carbocycles. The van der Waals surface area contributed by atoms with Crippen LogP contribution < -0.4 is 5.32 Å². The second kappa shape index (κ2) is 10.0. The predicted molar refractivity (Wildman–Crippen MR) is 120 cm³/mol. The van der Waals surface area contributed by atoms with Gasteiger partial charge in [-0.25, -0.2) is 0 Å². The Kier molecular flexibility index (Phi) is 7.44. The summed E-state index contributed by atoms with van der Waals surface area (Å²) >= 11 is 12.3. The summed E-state index contributed by atoms with van der Waals surface area (Å²) in [6.07, 6.45) is 2.22. The van der Waals surface area contributed by atoms with Crippen molar-refractivity contribution in [1.82, 2.24) is 10.2 Å². The second-order valence-corrected chi connectivity index (χ2v) is 8.57. The Morgan fingerprint density at radius 1 is 1.21 bits per heavy atom. The van der Waals surface area contributed by atoms with Crippen molar-refractivity contribution in [1.29, 1.82) is 0 Å². The number of aliphatic hydroxyl groups is 1. The van der Waals surface area contributed by atoms with E-state index in [1.54, 1.807) is 30.3 Å². The van der Waals surface area contributed by atoms with Gasteiger partial charge in [-0.15, -0.1) is 0 Å². The zero-order valence-electron chi connectivity index (χ0n) is 15.4. The van der Waals surface area contributed by atoms with Crippen molar-refractivity contribution in [2.45, 2.75) is 12.5 Å². The molecular formula is C21H19ClN2O3S2. The molecule has 0 saturated carbocycles. The zero-order valence-corrected chi connectivity index (χ0v) is 17.8. The van der Waals surface area contributed by atoms with Gasteiger partial charge in [0, 0.05) is 5.02 Å². The quantitative estimate of drug-likeness (QED) is 0.504. The van der Waals surface area contributed by atoms with Gasteiger partial charge in [-0.1, -0.05) is 78.0 Å². The van der Waals surface area contributed by atoms with Crippen LogP contribution in [-0.2, 0) is 16.0 Å². The number of aliphatic hydroxyl groups excluding tert-OH is 1. The van der Waals surface area contributed by atoms with E-state index in [0.29, 0.717) is 20.7 Å². The maximum absolute atomic E-state index is 12.7. The molecule has 0 unspecified atom stereocenters. The number of amides is 2. The molecule has 1 saturated heterocycles. The zero-order chi connectivity index (χ0) is 20.8. The predicted octanol–water partition coefficient (Wildman–Crippen LogP) is 3.26. The third-order valence-corrected chi connectivity index (χ3v) is 5.88. The SMILES string of the molecule is O=C(CN1C(=O)/C(=C/c2ccc(Cl)cc2)SC1=S)N[C@H](CO)Cc1ccccc1. The molecule has 8 heteroatoms. The third-order valence-electron chi connectivity index (χ3n) is 4.25. The van der Waals surface area contributed by atoms with Crippen molar-refractivity contribution in [3.63, 3.8) is 0 Å². The Morgan fingerprint density at radius 2 is 1.90 bits per heavy atom. The maximum Gasteiger partial charge on any atom is 0.266 e. The number of benzene rings is 2. The molecule has 3 rings (SSSR count). The van der Waals surface area contributed by atoms with Gasteiger partial charge in [-0.05, 0) is 35.8 Å². The Bertz CT molecular complexity index is 933.